The Morgan fingerprint density at radius 3 is 1.10 bits per heavy atom. The van der Waals surface area contributed by atoms with Gasteiger partial charge in [-0.05, 0) is 170 Å². The van der Waals surface area contributed by atoms with Gasteiger partial charge in [0.05, 0.1) is 11.0 Å². The fourth-order valence-electron chi connectivity index (χ4n) is 10.3. The first-order valence-corrected chi connectivity index (χ1v) is 23.0. The van der Waals surface area contributed by atoms with Gasteiger partial charge >= 0.3 is 0 Å². The maximum absolute atomic E-state index is 2.47. The summed E-state index contributed by atoms with van der Waals surface area (Å²) in [5, 5.41) is 10.0. The summed E-state index contributed by atoms with van der Waals surface area (Å²) in [6.07, 6.45) is 0. The smallest absolute Gasteiger partial charge is 0.0553 e. The maximum Gasteiger partial charge on any atom is 0.0553 e. The maximum atomic E-state index is 2.47. The van der Waals surface area contributed by atoms with Crippen molar-refractivity contribution in [3.05, 3.63) is 261 Å². The summed E-state index contributed by atoms with van der Waals surface area (Å²) in [5.41, 5.74) is 15.1. The monoisotopic (exact) mass is 853 g/mol. The number of para-hydroxylation sites is 5. The van der Waals surface area contributed by atoms with Crippen LogP contribution in [0.2, 0.25) is 0 Å². The van der Waals surface area contributed by atoms with E-state index >= 15 is 0 Å². The first kappa shape index (κ1) is 38.5. The Balaban J connectivity index is 0.908. The molecule has 0 amide bonds. The number of benzene rings is 12. The predicted molar refractivity (Wildman–Crippen MR) is 285 cm³/mol. The zero-order valence-corrected chi connectivity index (χ0v) is 36.7. The highest BCUT2D eigenvalue weighted by atomic mass is 15.1. The third kappa shape index (κ3) is 6.67. The van der Waals surface area contributed by atoms with Crippen LogP contribution in [0.1, 0.15) is 0 Å². The van der Waals surface area contributed by atoms with Crippen molar-refractivity contribution in [1.29, 1.82) is 0 Å². The lowest BCUT2D eigenvalue weighted by Crippen LogP contribution is -2.09. The lowest BCUT2D eigenvalue weighted by Gasteiger charge is -2.25. The van der Waals surface area contributed by atoms with Gasteiger partial charge in [0.1, 0.15) is 0 Å². The fraction of sp³-hybridized carbons (Fsp3) is 0. The van der Waals surface area contributed by atoms with Crippen LogP contribution in [0.25, 0.3) is 82.1 Å². The van der Waals surface area contributed by atoms with E-state index in [9.17, 15) is 0 Å². The molecule has 0 saturated heterocycles. The topological polar surface area (TPSA) is 11.4 Å². The van der Waals surface area contributed by atoms with Gasteiger partial charge in [0.2, 0.25) is 0 Å². The van der Waals surface area contributed by atoms with Crippen molar-refractivity contribution in [3.63, 3.8) is 0 Å². The van der Waals surface area contributed by atoms with E-state index in [4.69, 9.17) is 0 Å². The Morgan fingerprint density at radius 2 is 0.597 bits per heavy atom. The quantitative estimate of drug-likeness (QED) is 0.134. The molecule has 3 nitrogen and oxygen atoms in total. The second-order valence-corrected chi connectivity index (χ2v) is 17.4. The molecule has 0 atom stereocenters. The van der Waals surface area contributed by atoms with Gasteiger partial charge in [-0.2, -0.15) is 0 Å². The van der Waals surface area contributed by atoms with E-state index in [1.807, 2.05) is 0 Å². The summed E-state index contributed by atoms with van der Waals surface area (Å²) in [7, 11) is 0. The molecule has 0 bridgehead atoms. The van der Waals surface area contributed by atoms with Crippen molar-refractivity contribution in [3.8, 4) is 27.9 Å². The molecule has 0 aliphatic heterocycles. The lowest BCUT2D eigenvalue weighted by atomic mass is 9.93. The summed E-state index contributed by atoms with van der Waals surface area (Å²) < 4.78 is 2.47. The normalized spacial score (nSPS) is 11.6. The zero-order chi connectivity index (χ0) is 44.3. The third-order valence-electron chi connectivity index (χ3n) is 13.4. The van der Waals surface area contributed by atoms with Crippen molar-refractivity contribution < 1.29 is 0 Å². The molecule has 67 heavy (non-hydrogen) atoms. The van der Waals surface area contributed by atoms with Crippen LogP contribution in [0, 0.1) is 0 Å². The van der Waals surface area contributed by atoms with Crippen LogP contribution in [0.5, 0.6) is 0 Å². The molecule has 12 aromatic carbocycles. The van der Waals surface area contributed by atoms with Crippen LogP contribution in [-0.2, 0) is 0 Å². The molecule has 0 spiro atoms. The first-order chi connectivity index (χ1) is 33.2. The summed E-state index contributed by atoms with van der Waals surface area (Å²) in [5.74, 6) is 0. The molecule has 13 rings (SSSR count). The predicted octanol–water partition coefficient (Wildman–Crippen LogP) is 18.0. The van der Waals surface area contributed by atoms with Crippen molar-refractivity contribution in [2.24, 2.45) is 0 Å². The van der Waals surface area contributed by atoms with Gasteiger partial charge in [-0.3, -0.25) is 0 Å². The Morgan fingerprint density at radius 1 is 0.239 bits per heavy atom. The summed E-state index contributed by atoms with van der Waals surface area (Å²) in [4.78, 5) is 4.64. The number of rotatable bonds is 9. The van der Waals surface area contributed by atoms with Crippen LogP contribution in [0.4, 0.5) is 34.1 Å². The molecular formula is C64H43N3. The van der Waals surface area contributed by atoms with Gasteiger partial charge in [-0.25, -0.2) is 0 Å². The molecule has 0 aliphatic carbocycles. The van der Waals surface area contributed by atoms with Gasteiger partial charge in [0.15, 0.2) is 0 Å². The lowest BCUT2D eigenvalue weighted by molar-refractivity contribution is 1.18. The second-order valence-electron chi connectivity index (χ2n) is 17.4. The average molecular weight is 854 g/mol. The minimum Gasteiger partial charge on any atom is -0.311 e. The number of nitrogens with zero attached hydrogens (tertiary/aromatic N) is 3. The van der Waals surface area contributed by atoms with Gasteiger partial charge in [0, 0.05) is 50.6 Å². The molecule has 1 aromatic heterocycles. The van der Waals surface area contributed by atoms with Gasteiger partial charge in [-0.1, -0.05) is 146 Å². The molecule has 3 heteroatoms. The highest BCUT2D eigenvalue weighted by Crippen LogP contribution is 2.45. The Bertz CT molecular complexity index is 3800. The number of aromatic nitrogens is 1. The zero-order valence-electron chi connectivity index (χ0n) is 36.7. The van der Waals surface area contributed by atoms with Crippen LogP contribution in [0.15, 0.2) is 261 Å². The standard InChI is InChI=1S/C64H43N3/c1-6-16-52(17-7-1)65(53-18-8-2-9-19-53)57-33-30-44(31-34-57)50-39-48-28-29-49-40-51(43-62-64(49)63(48)61(42-50)67(62)56-24-14-5-15-25-56)45-32-36-59-46(38-45)26-27-47-41-58(35-37-60(47)59)66(54-20-10-3-11-21-54)55-22-12-4-13-23-55/h1-43H. The highest BCUT2D eigenvalue weighted by molar-refractivity contribution is 6.26. The molecule has 0 saturated carbocycles. The molecule has 0 aliphatic rings. The number of anilines is 6. The molecule has 0 radical (unpaired) electrons. The van der Waals surface area contributed by atoms with Gasteiger partial charge in [-0.15, -0.1) is 0 Å². The van der Waals surface area contributed by atoms with Crippen molar-refractivity contribution >= 4 is 88.2 Å². The minimum atomic E-state index is 1.11. The average Bonchev–Trinajstić information content (AvgIpc) is 3.74. The molecule has 0 unspecified atom stereocenters. The molecule has 314 valence electrons. The van der Waals surface area contributed by atoms with E-state index < -0.39 is 0 Å². The van der Waals surface area contributed by atoms with E-state index in [1.54, 1.807) is 0 Å². The molecule has 1 heterocycles. The first-order valence-electron chi connectivity index (χ1n) is 23.0. The Kier molecular flexibility index (Phi) is 9.17. The summed E-state index contributed by atoms with van der Waals surface area (Å²) in [6.45, 7) is 0. The Hall–Kier alpha value is -8.92. The SMILES string of the molecule is c1ccc(N(c2ccccc2)c2ccc(-c3cc4ccc5cc(-c6ccc7c(ccc8cc(N(c9ccccc9)c9ccccc9)ccc87)c6)cc6c5c4c(c3)n6-c3ccccc3)cc2)cc1. The van der Waals surface area contributed by atoms with Gasteiger partial charge in [0.25, 0.3) is 0 Å². The van der Waals surface area contributed by atoms with E-state index in [2.05, 4.69) is 275 Å². The number of hydrogen-bond donors (Lipinski definition) is 0. The van der Waals surface area contributed by atoms with Crippen molar-refractivity contribution in [2.45, 2.75) is 0 Å². The fourth-order valence-corrected chi connectivity index (χ4v) is 10.3. The number of fused-ring (bicyclic) bond motifs is 3. The minimum absolute atomic E-state index is 1.11. The molecular weight excluding hydrogens is 811 g/mol. The van der Waals surface area contributed by atoms with E-state index in [1.165, 1.54) is 76.4 Å². The summed E-state index contributed by atoms with van der Waals surface area (Å²) >= 11 is 0. The van der Waals surface area contributed by atoms with E-state index in [0.717, 1.165) is 39.8 Å². The molecule has 13 aromatic rings. The van der Waals surface area contributed by atoms with Crippen LogP contribution in [-0.4, -0.2) is 4.57 Å². The van der Waals surface area contributed by atoms with Gasteiger partial charge < -0.3 is 14.4 Å². The molecule has 0 fully saturated rings. The Labute approximate surface area is 389 Å². The van der Waals surface area contributed by atoms with Crippen LogP contribution >= 0.6 is 0 Å². The third-order valence-corrected chi connectivity index (χ3v) is 13.4. The molecule has 0 N–H and O–H groups in total. The van der Waals surface area contributed by atoms with Crippen LogP contribution in [0.3, 0.4) is 0 Å². The van der Waals surface area contributed by atoms with E-state index in [0.29, 0.717) is 0 Å². The highest BCUT2D eigenvalue weighted by Gasteiger charge is 2.21. The van der Waals surface area contributed by atoms with Crippen molar-refractivity contribution in [2.75, 3.05) is 9.80 Å². The second kappa shape index (κ2) is 16.0. The largest absolute Gasteiger partial charge is 0.311 e. The summed E-state index contributed by atoms with van der Waals surface area (Å²) in [6, 6.07) is 94.8. The number of hydrogen-bond acceptors (Lipinski definition) is 2. The van der Waals surface area contributed by atoms with Crippen LogP contribution < -0.4 is 9.80 Å². The van der Waals surface area contributed by atoms with E-state index in [-0.39, 0.29) is 0 Å². The van der Waals surface area contributed by atoms with Crippen molar-refractivity contribution in [1.82, 2.24) is 4.57 Å².